The van der Waals surface area contributed by atoms with E-state index in [4.69, 9.17) is 0 Å². The van der Waals surface area contributed by atoms with Crippen LogP contribution in [0.4, 0.5) is 4.39 Å². The summed E-state index contributed by atoms with van der Waals surface area (Å²) >= 11 is 6.56. The van der Waals surface area contributed by atoms with Gasteiger partial charge < -0.3 is 0 Å². The molecule has 1 heterocycles. The number of halogens is 3. The summed E-state index contributed by atoms with van der Waals surface area (Å²) in [5.74, 6) is -0.601. The number of carbonyl (C=O) groups excluding carboxylic acids is 1. The van der Waals surface area contributed by atoms with Crippen LogP contribution in [0.2, 0.25) is 0 Å². The van der Waals surface area contributed by atoms with Gasteiger partial charge in [-0.1, -0.05) is 15.9 Å². The molecule has 2 rings (SSSR count). The maximum Gasteiger partial charge on any atom is 0.205 e. The van der Waals surface area contributed by atoms with Crippen molar-refractivity contribution in [2.75, 3.05) is 0 Å². The van der Waals surface area contributed by atoms with Crippen molar-refractivity contribution < 1.29 is 9.18 Å². The van der Waals surface area contributed by atoms with Crippen LogP contribution >= 0.6 is 31.9 Å². The molecule has 0 N–H and O–H groups in total. The van der Waals surface area contributed by atoms with Gasteiger partial charge in [-0.15, -0.1) is 0 Å². The first-order chi connectivity index (χ1) is 9.52. The SMILES string of the molecule is CCn1ncc(Br)c1C(=O)/C=C/c1cc(Br)ccc1F. The summed E-state index contributed by atoms with van der Waals surface area (Å²) in [6.45, 7) is 2.49. The molecular weight excluding hydrogens is 391 g/mol. The van der Waals surface area contributed by atoms with E-state index < -0.39 is 0 Å². The Morgan fingerprint density at radius 1 is 1.45 bits per heavy atom. The van der Waals surface area contributed by atoms with Crippen molar-refractivity contribution in [3.8, 4) is 0 Å². The Labute approximate surface area is 132 Å². The Hall–Kier alpha value is -1.27. The Kier molecular flexibility index (Phi) is 4.88. The summed E-state index contributed by atoms with van der Waals surface area (Å²) < 4.78 is 16.6. The predicted octanol–water partition coefficient (Wildman–Crippen LogP) is 4.46. The van der Waals surface area contributed by atoms with Crippen molar-refractivity contribution in [2.45, 2.75) is 13.5 Å². The van der Waals surface area contributed by atoms with Gasteiger partial charge in [0.15, 0.2) is 0 Å². The highest BCUT2D eigenvalue weighted by atomic mass is 79.9. The van der Waals surface area contributed by atoms with Crippen LogP contribution in [0.3, 0.4) is 0 Å². The summed E-state index contributed by atoms with van der Waals surface area (Å²) in [6, 6.07) is 4.57. The molecule has 0 spiro atoms. The smallest absolute Gasteiger partial charge is 0.205 e. The van der Waals surface area contributed by atoms with E-state index in [-0.39, 0.29) is 11.6 Å². The number of allylic oxidation sites excluding steroid dienone is 1. The van der Waals surface area contributed by atoms with Gasteiger partial charge in [-0.3, -0.25) is 9.48 Å². The summed E-state index contributed by atoms with van der Waals surface area (Å²) in [4.78, 5) is 12.2. The van der Waals surface area contributed by atoms with Crippen LogP contribution in [0.25, 0.3) is 6.08 Å². The predicted molar refractivity (Wildman–Crippen MR) is 83.1 cm³/mol. The summed E-state index contributed by atoms with van der Waals surface area (Å²) in [5, 5.41) is 4.08. The molecule has 6 heteroatoms. The summed E-state index contributed by atoms with van der Waals surface area (Å²) in [5.41, 5.74) is 0.811. The molecule has 20 heavy (non-hydrogen) atoms. The van der Waals surface area contributed by atoms with Crippen molar-refractivity contribution in [1.29, 1.82) is 0 Å². The molecule has 0 atom stereocenters. The normalized spacial score (nSPS) is 11.2. The molecule has 1 aromatic heterocycles. The first-order valence-electron chi connectivity index (χ1n) is 5.91. The lowest BCUT2D eigenvalue weighted by Crippen LogP contribution is -2.07. The minimum absolute atomic E-state index is 0.226. The number of carbonyl (C=O) groups is 1. The highest BCUT2D eigenvalue weighted by molar-refractivity contribution is 9.10. The topological polar surface area (TPSA) is 34.9 Å². The standard InChI is InChI=1S/C14H11Br2FN2O/c1-2-19-14(11(16)8-18-19)13(20)6-3-9-7-10(15)4-5-12(9)17/h3-8H,2H2,1H3/b6-3+. The number of benzene rings is 1. The van der Waals surface area contributed by atoms with Crippen molar-refractivity contribution in [3.05, 3.63) is 56.5 Å². The molecule has 0 bridgehead atoms. The van der Waals surface area contributed by atoms with Gasteiger partial charge in [0.1, 0.15) is 11.5 Å². The molecule has 0 aliphatic heterocycles. The van der Waals surface area contributed by atoms with E-state index in [2.05, 4.69) is 37.0 Å². The van der Waals surface area contributed by atoms with Gasteiger partial charge >= 0.3 is 0 Å². The molecule has 0 radical (unpaired) electrons. The number of nitrogens with zero attached hydrogens (tertiary/aromatic N) is 2. The minimum Gasteiger partial charge on any atom is -0.288 e. The monoisotopic (exact) mass is 400 g/mol. The van der Waals surface area contributed by atoms with Gasteiger partial charge in [-0.05, 0) is 53.2 Å². The Balaban J connectivity index is 2.29. The highest BCUT2D eigenvalue weighted by Gasteiger charge is 2.13. The highest BCUT2D eigenvalue weighted by Crippen LogP contribution is 2.19. The average Bonchev–Trinajstić information content (AvgIpc) is 2.80. The van der Waals surface area contributed by atoms with Crippen LogP contribution in [0, 0.1) is 5.82 Å². The van der Waals surface area contributed by atoms with Crippen LogP contribution in [0.1, 0.15) is 23.0 Å². The molecule has 1 aromatic carbocycles. The van der Waals surface area contributed by atoms with E-state index in [1.54, 1.807) is 23.0 Å². The molecule has 0 aliphatic rings. The molecule has 2 aromatic rings. The van der Waals surface area contributed by atoms with Crippen LogP contribution in [0.5, 0.6) is 0 Å². The fraction of sp³-hybridized carbons (Fsp3) is 0.143. The number of aromatic nitrogens is 2. The maximum absolute atomic E-state index is 13.6. The van der Waals surface area contributed by atoms with E-state index >= 15 is 0 Å². The fourth-order valence-corrected chi connectivity index (χ4v) is 2.60. The van der Waals surface area contributed by atoms with Gasteiger partial charge in [0.25, 0.3) is 0 Å². The molecule has 0 amide bonds. The minimum atomic E-state index is -0.375. The van der Waals surface area contributed by atoms with E-state index in [1.807, 2.05) is 6.92 Å². The molecule has 0 unspecified atom stereocenters. The lowest BCUT2D eigenvalue weighted by molar-refractivity contribution is 0.103. The van der Waals surface area contributed by atoms with E-state index in [9.17, 15) is 9.18 Å². The number of hydrogen-bond acceptors (Lipinski definition) is 2. The average molecular weight is 402 g/mol. The van der Waals surface area contributed by atoms with Gasteiger partial charge in [0.2, 0.25) is 5.78 Å². The molecular formula is C14H11Br2FN2O. The molecule has 0 fully saturated rings. The van der Waals surface area contributed by atoms with E-state index in [0.717, 1.165) is 4.47 Å². The Bertz CT molecular complexity index is 680. The van der Waals surface area contributed by atoms with E-state index in [0.29, 0.717) is 22.3 Å². The second-order valence-electron chi connectivity index (χ2n) is 4.02. The summed E-state index contributed by atoms with van der Waals surface area (Å²) in [6.07, 6.45) is 4.38. The third-order valence-corrected chi connectivity index (χ3v) is 3.77. The second kappa shape index (κ2) is 6.45. The van der Waals surface area contributed by atoms with Crippen LogP contribution in [-0.2, 0) is 6.54 Å². The van der Waals surface area contributed by atoms with Gasteiger partial charge in [-0.2, -0.15) is 5.10 Å². The molecule has 0 saturated heterocycles. The van der Waals surface area contributed by atoms with Crippen molar-refractivity contribution >= 4 is 43.7 Å². The largest absolute Gasteiger partial charge is 0.288 e. The zero-order chi connectivity index (χ0) is 14.7. The zero-order valence-corrected chi connectivity index (χ0v) is 13.8. The van der Waals surface area contributed by atoms with Gasteiger partial charge in [0.05, 0.1) is 10.7 Å². The van der Waals surface area contributed by atoms with E-state index in [1.165, 1.54) is 18.2 Å². The van der Waals surface area contributed by atoms with Crippen molar-refractivity contribution in [1.82, 2.24) is 9.78 Å². The fourth-order valence-electron chi connectivity index (χ4n) is 1.73. The molecule has 3 nitrogen and oxygen atoms in total. The first-order valence-corrected chi connectivity index (χ1v) is 7.50. The number of hydrogen-bond donors (Lipinski definition) is 0. The second-order valence-corrected chi connectivity index (χ2v) is 5.79. The first kappa shape index (κ1) is 15.1. The lowest BCUT2D eigenvalue weighted by Gasteiger charge is -2.02. The van der Waals surface area contributed by atoms with Gasteiger partial charge in [-0.25, -0.2) is 4.39 Å². The van der Waals surface area contributed by atoms with Crippen molar-refractivity contribution in [2.24, 2.45) is 0 Å². The van der Waals surface area contributed by atoms with Crippen LogP contribution in [0.15, 0.2) is 39.4 Å². The Morgan fingerprint density at radius 3 is 2.90 bits per heavy atom. The van der Waals surface area contributed by atoms with Crippen molar-refractivity contribution in [3.63, 3.8) is 0 Å². The Morgan fingerprint density at radius 2 is 2.20 bits per heavy atom. The third-order valence-electron chi connectivity index (χ3n) is 2.70. The van der Waals surface area contributed by atoms with Crippen LogP contribution in [-0.4, -0.2) is 15.6 Å². The number of aryl methyl sites for hydroxylation is 1. The van der Waals surface area contributed by atoms with Crippen LogP contribution < -0.4 is 0 Å². The number of rotatable bonds is 4. The molecule has 0 saturated carbocycles. The zero-order valence-electron chi connectivity index (χ0n) is 10.6. The quantitative estimate of drug-likeness (QED) is 0.559. The number of ketones is 1. The summed E-state index contributed by atoms with van der Waals surface area (Å²) in [7, 11) is 0. The molecule has 104 valence electrons. The molecule has 0 aliphatic carbocycles. The lowest BCUT2D eigenvalue weighted by atomic mass is 10.1. The maximum atomic E-state index is 13.6. The van der Waals surface area contributed by atoms with Gasteiger partial charge in [0, 0.05) is 16.6 Å². The third kappa shape index (κ3) is 3.24.